The first-order valence-corrected chi connectivity index (χ1v) is 11.6. The van der Waals surface area contributed by atoms with E-state index >= 15 is 0 Å². The minimum absolute atomic E-state index is 0.178. The summed E-state index contributed by atoms with van der Waals surface area (Å²) in [5, 5.41) is 4.00. The van der Waals surface area contributed by atoms with Gasteiger partial charge in [0.15, 0.2) is 0 Å². The van der Waals surface area contributed by atoms with Gasteiger partial charge in [-0.2, -0.15) is 9.78 Å². The van der Waals surface area contributed by atoms with Crippen molar-refractivity contribution in [2.45, 2.75) is 81.6 Å². The first-order valence-electron chi connectivity index (χ1n) is 11.6. The van der Waals surface area contributed by atoms with Crippen molar-refractivity contribution in [3.05, 3.63) is 91.3 Å². The molecule has 3 aromatic rings. The van der Waals surface area contributed by atoms with Gasteiger partial charge >= 0.3 is 5.69 Å². The Kier molecular flexibility index (Phi) is 12.2. The van der Waals surface area contributed by atoms with Crippen molar-refractivity contribution in [1.29, 1.82) is 0 Å². The van der Waals surface area contributed by atoms with Crippen molar-refractivity contribution in [3.63, 3.8) is 0 Å². The van der Waals surface area contributed by atoms with Gasteiger partial charge in [0.25, 0.3) is 5.56 Å². The third-order valence-corrected chi connectivity index (χ3v) is 5.13. The number of rotatable bonds is 3. The van der Waals surface area contributed by atoms with Crippen LogP contribution in [0.5, 0.6) is 0 Å². The van der Waals surface area contributed by atoms with Crippen LogP contribution in [-0.4, -0.2) is 14.8 Å². The maximum atomic E-state index is 12.2. The lowest BCUT2D eigenvalue weighted by Gasteiger charge is -2.31. The van der Waals surface area contributed by atoms with E-state index in [9.17, 15) is 9.59 Å². The summed E-state index contributed by atoms with van der Waals surface area (Å²) in [6.45, 7) is 22.5. The van der Waals surface area contributed by atoms with Crippen molar-refractivity contribution in [2.75, 3.05) is 0 Å². The van der Waals surface area contributed by atoms with Gasteiger partial charge < -0.3 is 0 Å². The predicted octanol–water partition coefficient (Wildman–Crippen LogP) is 6.25. The number of H-pyrrole nitrogens is 1. The molecule has 1 aromatic heterocycles. The number of aryl methyl sites for hydroxylation is 1. The highest BCUT2D eigenvalue weighted by Crippen LogP contribution is 2.38. The highest BCUT2D eigenvalue weighted by molar-refractivity contribution is 5.56. The van der Waals surface area contributed by atoms with Crippen LogP contribution in [0.2, 0.25) is 0 Å². The molecule has 0 aliphatic carbocycles. The van der Waals surface area contributed by atoms with Crippen molar-refractivity contribution in [3.8, 4) is 5.69 Å². The molecule has 1 N–H and O–H groups in total. The van der Waals surface area contributed by atoms with E-state index in [0.29, 0.717) is 5.69 Å². The molecule has 0 atom stereocenters. The zero-order chi connectivity index (χ0) is 25.1. The number of nitrogens with one attached hydrogen (secondary N) is 1. The third-order valence-electron chi connectivity index (χ3n) is 5.13. The second kappa shape index (κ2) is 13.5. The van der Waals surface area contributed by atoms with E-state index in [1.54, 1.807) is 0 Å². The van der Waals surface area contributed by atoms with Crippen LogP contribution in [0.25, 0.3) is 5.69 Å². The first-order chi connectivity index (χ1) is 15.2. The normalized spacial score (nSPS) is 9.97. The summed E-state index contributed by atoms with van der Waals surface area (Å²) in [6, 6.07) is 12.3. The topological polar surface area (TPSA) is 67.8 Å². The van der Waals surface area contributed by atoms with Gasteiger partial charge in [0, 0.05) is 5.41 Å². The van der Waals surface area contributed by atoms with E-state index in [1.807, 2.05) is 79.7 Å². The zero-order valence-electron chi connectivity index (χ0n) is 21.8. The highest BCUT2D eigenvalue weighted by Gasteiger charge is 2.28. The molecule has 0 unspecified atom stereocenters. The predicted molar refractivity (Wildman–Crippen MR) is 137 cm³/mol. The molecule has 5 nitrogen and oxygen atoms in total. The van der Waals surface area contributed by atoms with Crippen LogP contribution in [0.1, 0.15) is 83.2 Å². The van der Waals surface area contributed by atoms with Gasteiger partial charge in [-0.25, -0.2) is 4.79 Å². The molecule has 3 rings (SSSR count). The third kappa shape index (κ3) is 6.28. The fraction of sp³-hybridized carbons (Fsp3) is 0.444. The Bertz CT molecular complexity index is 1080. The number of hydrogen-bond acceptors (Lipinski definition) is 3. The van der Waals surface area contributed by atoms with E-state index in [2.05, 4.69) is 43.0 Å². The summed E-state index contributed by atoms with van der Waals surface area (Å²) in [7, 11) is 0. The second-order valence-corrected chi connectivity index (χ2v) is 7.18. The van der Waals surface area contributed by atoms with Gasteiger partial charge in [-0.1, -0.05) is 85.7 Å². The molecular weight excluding hydrogens is 398 g/mol. The molecule has 32 heavy (non-hydrogen) atoms. The molecular formula is C27H41N3O2. The molecule has 1 heterocycles. The second-order valence-electron chi connectivity index (χ2n) is 7.18. The number of benzene rings is 2. The number of hydrogen-bond donors (Lipinski definition) is 1. The summed E-state index contributed by atoms with van der Waals surface area (Å²) in [5.74, 6) is 0. The molecule has 0 fully saturated rings. The fourth-order valence-corrected chi connectivity index (χ4v) is 3.77. The van der Waals surface area contributed by atoms with Crippen LogP contribution in [0.4, 0.5) is 0 Å². The molecule has 0 saturated carbocycles. The summed E-state index contributed by atoms with van der Waals surface area (Å²) >= 11 is 0. The smallest absolute Gasteiger partial charge is 0.271 e. The van der Waals surface area contributed by atoms with Crippen LogP contribution >= 0.6 is 0 Å². The van der Waals surface area contributed by atoms with Crippen molar-refractivity contribution >= 4 is 0 Å². The molecule has 0 spiro atoms. The van der Waals surface area contributed by atoms with Gasteiger partial charge in [0.05, 0.1) is 5.69 Å². The van der Waals surface area contributed by atoms with E-state index in [4.69, 9.17) is 0 Å². The van der Waals surface area contributed by atoms with E-state index < -0.39 is 11.2 Å². The Morgan fingerprint density at radius 2 is 1.38 bits per heavy atom. The number of aromatic amines is 1. The maximum absolute atomic E-state index is 12.2. The molecule has 0 aliphatic rings. The molecule has 0 saturated heterocycles. The van der Waals surface area contributed by atoms with Gasteiger partial charge in [0.1, 0.15) is 6.20 Å². The summed E-state index contributed by atoms with van der Waals surface area (Å²) in [6.07, 6.45) is 1.12. The Morgan fingerprint density at radius 1 is 0.844 bits per heavy atom. The standard InChI is InChI=1S/C21H23N3O2.3C2H6/c1-13-11-17(24-20(26)23-18(25)12-22-24)14(2)15(3)19(13)21(4,5)16-9-7-6-8-10-16;3*1-2/h6-12H,1-5H3,(H,23,25,26);3*1-2H3. The summed E-state index contributed by atoms with van der Waals surface area (Å²) in [4.78, 5) is 25.7. The van der Waals surface area contributed by atoms with Gasteiger partial charge in [0.2, 0.25) is 0 Å². The van der Waals surface area contributed by atoms with E-state index in [0.717, 1.165) is 22.9 Å². The summed E-state index contributed by atoms with van der Waals surface area (Å²) in [5.41, 5.74) is 5.12. The van der Waals surface area contributed by atoms with Crippen LogP contribution in [0.15, 0.2) is 52.2 Å². The molecule has 0 aliphatic heterocycles. The van der Waals surface area contributed by atoms with Crippen molar-refractivity contribution in [2.24, 2.45) is 0 Å². The zero-order valence-corrected chi connectivity index (χ0v) is 21.8. The number of nitrogens with zero attached hydrogens (tertiary/aromatic N) is 2. The van der Waals surface area contributed by atoms with Gasteiger partial charge in [-0.05, 0) is 54.7 Å². The lowest BCUT2D eigenvalue weighted by Crippen LogP contribution is -2.31. The highest BCUT2D eigenvalue weighted by atomic mass is 16.2. The fourth-order valence-electron chi connectivity index (χ4n) is 3.77. The average molecular weight is 440 g/mol. The van der Waals surface area contributed by atoms with Crippen molar-refractivity contribution in [1.82, 2.24) is 14.8 Å². The monoisotopic (exact) mass is 439 g/mol. The molecule has 2 aromatic carbocycles. The van der Waals surface area contributed by atoms with Crippen LogP contribution in [0, 0.1) is 20.8 Å². The van der Waals surface area contributed by atoms with Crippen LogP contribution < -0.4 is 11.2 Å². The quantitative estimate of drug-likeness (QED) is 0.524. The Balaban J connectivity index is 0.00000148. The minimum Gasteiger partial charge on any atom is -0.271 e. The maximum Gasteiger partial charge on any atom is 0.349 e. The Labute approximate surface area is 193 Å². The molecule has 176 valence electrons. The molecule has 0 amide bonds. The SMILES string of the molecule is CC.CC.CC.Cc1cc(-n2ncc(=O)[nH]c2=O)c(C)c(C)c1C(C)(C)c1ccccc1. The molecule has 0 radical (unpaired) electrons. The Hall–Kier alpha value is -2.95. The van der Waals surface area contributed by atoms with E-state index in [-0.39, 0.29) is 5.41 Å². The van der Waals surface area contributed by atoms with Crippen LogP contribution in [0.3, 0.4) is 0 Å². The minimum atomic E-state index is -0.533. The van der Waals surface area contributed by atoms with Gasteiger partial charge in [-0.15, -0.1) is 0 Å². The lowest BCUT2D eigenvalue weighted by atomic mass is 9.73. The molecule has 0 bridgehead atoms. The molecule has 5 heteroatoms. The van der Waals surface area contributed by atoms with E-state index in [1.165, 1.54) is 15.8 Å². The van der Waals surface area contributed by atoms with Crippen molar-refractivity contribution < 1.29 is 0 Å². The number of aromatic nitrogens is 3. The lowest BCUT2D eigenvalue weighted by molar-refractivity contribution is 0.628. The largest absolute Gasteiger partial charge is 0.349 e. The average Bonchev–Trinajstić information content (AvgIpc) is 2.81. The summed E-state index contributed by atoms with van der Waals surface area (Å²) < 4.78 is 1.25. The van der Waals surface area contributed by atoms with Crippen LogP contribution in [-0.2, 0) is 5.41 Å². The first kappa shape index (κ1) is 29.1. The van der Waals surface area contributed by atoms with Gasteiger partial charge in [-0.3, -0.25) is 9.78 Å². The Morgan fingerprint density at radius 3 is 1.88 bits per heavy atom.